The van der Waals surface area contributed by atoms with E-state index < -0.39 is 18.0 Å². The quantitative estimate of drug-likeness (QED) is 0.501. The minimum atomic E-state index is -1.08. The molecule has 0 spiro atoms. The molecule has 3 rings (SSSR count). The van der Waals surface area contributed by atoms with Crippen molar-refractivity contribution < 1.29 is 19.1 Å². The minimum absolute atomic E-state index is 0.0863. The maximum Gasteiger partial charge on any atom is 0.308 e. The van der Waals surface area contributed by atoms with Crippen LogP contribution in [0.1, 0.15) is 24.5 Å². The molecule has 0 saturated carbocycles. The van der Waals surface area contributed by atoms with Gasteiger partial charge in [0.2, 0.25) is 5.91 Å². The van der Waals surface area contributed by atoms with Gasteiger partial charge in [-0.3, -0.25) is 23.7 Å². The molecule has 2 N–H and O–H groups in total. The lowest BCUT2D eigenvalue weighted by Gasteiger charge is -2.15. The summed E-state index contributed by atoms with van der Waals surface area (Å²) in [5.74, 6) is -1.61. The zero-order chi connectivity index (χ0) is 23.3. The average molecular weight is 457 g/mol. The van der Waals surface area contributed by atoms with Crippen molar-refractivity contribution in [2.75, 3.05) is 11.9 Å². The topological polar surface area (TPSA) is 119 Å². The number of carbonyl (C=O) groups excluding carboxylic acids is 3. The van der Waals surface area contributed by atoms with Crippen LogP contribution in [0.2, 0.25) is 0 Å². The highest BCUT2D eigenvalue weighted by Crippen LogP contribution is 2.19. The number of nitrogens with zero attached hydrogens (tertiary/aromatic N) is 2. The Morgan fingerprint density at radius 2 is 1.91 bits per heavy atom. The van der Waals surface area contributed by atoms with Gasteiger partial charge in [0.1, 0.15) is 4.83 Å². The number of hydrogen-bond acceptors (Lipinski definition) is 7. The number of rotatable bonds is 8. The van der Waals surface area contributed by atoms with Crippen molar-refractivity contribution in [3.63, 3.8) is 0 Å². The van der Waals surface area contributed by atoms with Crippen LogP contribution in [-0.4, -0.2) is 40.0 Å². The molecule has 1 aromatic carbocycles. The van der Waals surface area contributed by atoms with E-state index in [-0.39, 0.29) is 31.0 Å². The first-order chi connectivity index (χ1) is 15.3. The first kappa shape index (κ1) is 23.1. The summed E-state index contributed by atoms with van der Waals surface area (Å²) in [6.45, 7) is 5.01. The lowest BCUT2D eigenvalue weighted by molar-refractivity contribution is -0.155. The Bertz CT molecular complexity index is 1200. The molecule has 168 valence electrons. The van der Waals surface area contributed by atoms with E-state index in [1.807, 2.05) is 32.0 Å². The molecule has 2 heterocycles. The van der Waals surface area contributed by atoms with Crippen LogP contribution in [0.4, 0.5) is 5.69 Å². The number of nitrogens with one attached hydrogen (secondary N) is 2. The second-order valence-electron chi connectivity index (χ2n) is 7.30. The van der Waals surface area contributed by atoms with E-state index in [1.165, 1.54) is 29.2 Å². The molecule has 3 aromatic rings. The van der Waals surface area contributed by atoms with Gasteiger partial charge in [-0.2, -0.15) is 0 Å². The minimum Gasteiger partial charge on any atom is -0.452 e. The number of esters is 1. The number of benzene rings is 1. The summed E-state index contributed by atoms with van der Waals surface area (Å²) in [6.07, 6.45) is 0.214. The second kappa shape index (κ2) is 10.2. The van der Waals surface area contributed by atoms with Gasteiger partial charge in [0.25, 0.3) is 11.5 Å². The second-order valence-corrected chi connectivity index (χ2v) is 8.19. The standard InChI is InChI=1S/C22H24N4O5S/c1-13-5-4-6-14(2)19(13)25-17(27)11-23-20(29)15(3)31-18(28)7-9-26-12-24-21-16(22(26)30)8-10-32-21/h4-6,8,10,12,15H,7,9,11H2,1-3H3,(H,23,29)(H,25,27). The van der Waals surface area contributed by atoms with Gasteiger partial charge in [0.05, 0.1) is 24.7 Å². The van der Waals surface area contributed by atoms with Crippen molar-refractivity contribution in [3.05, 3.63) is 57.5 Å². The van der Waals surface area contributed by atoms with Crippen molar-refractivity contribution in [2.45, 2.75) is 39.8 Å². The fourth-order valence-corrected chi connectivity index (χ4v) is 3.80. The third-order valence-electron chi connectivity index (χ3n) is 4.85. The van der Waals surface area contributed by atoms with E-state index in [4.69, 9.17) is 4.74 Å². The number of hydrogen-bond donors (Lipinski definition) is 2. The first-order valence-corrected chi connectivity index (χ1v) is 10.9. The smallest absolute Gasteiger partial charge is 0.308 e. The zero-order valence-electron chi connectivity index (χ0n) is 18.0. The highest BCUT2D eigenvalue weighted by atomic mass is 32.1. The number of aromatic nitrogens is 2. The van der Waals surface area contributed by atoms with Gasteiger partial charge in [-0.1, -0.05) is 18.2 Å². The van der Waals surface area contributed by atoms with E-state index in [0.29, 0.717) is 15.9 Å². The van der Waals surface area contributed by atoms with Crippen molar-refractivity contribution in [3.8, 4) is 0 Å². The number of carbonyl (C=O) groups is 3. The molecule has 9 nitrogen and oxygen atoms in total. The van der Waals surface area contributed by atoms with E-state index in [1.54, 1.807) is 11.4 Å². The SMILES string of the molecule is Cc1cccc(C)c1NC(=O)CNC(=O)C(C)OC(=O)CCn1cnc2sccc2c1=O. The lowest BCUT2D eigenvalue weighted by Crippen LogP contribution is -2.40. The Morgan fingerprint density at radius 1 is 1.19 bits per heavy atom. The Hall–Kier alpha value is -3.53. The molecule has 0 aliphatic heterocycles. The normalized spacial score (nSPS) is 11.7. The van der Waals surface area contributed by atoms with Gasteiger partial charge in [-0.25, -0.2) is 4.98 Å². The Labute approximate surface area is 188 Å². The lowest BCUT2D eigenvalue weighted by atomic mass is 10.1. The fraction of sp³-hybridized carbons (Fsp3) is 0.318. The van der Waals surface area contributed by atoms with Crippen LogP contribution in [0.3, 0.4) is 0 Å². The number of thiophene rings is 1. The van der Waals surface area contributed by atoms with Crippen LogP contribution in [-0.2, 0) is 25.7 Å². The van der Waals surface area contributed by atoms with Crippen LogP contribution < -0.4 is 16.2 Å². The highest BCUT2D eigenvalue weighted by Gasteiger charge is 2.19. The molecule has 32 heavy (non-hydrogen) atoms. The van der Waals surface area contributed by atoms with Gasteiger partial charge in [0, 0.05) is 12.2 Å². The van der Waals surface area contributed by atoms with Gasteiger partial charge in [0.15, 0.2) is 6.10 Å². The number of aryl methyl sites for hydroxylation is 3. The molecule has 0 saturated heterocycles. The fourth-order valence-electron chi connectivity index (χ4n) is 3.08. The van der Waals surface area contributed by atoms with Gasteiger partial charge < -0.3 is 15.4 Å². The van der Waals surface area contributed by atoms with E-state index >= 15 is 0 Å². The summed E-state index contributed by atoms with van der Waals surface area (Å²) in [4.78, 5) is 53.6. The van der Waals surface area contributed by atoms with Gasteiger partial charge >= 0.3 is 5.97 Å². The van der Waals surface area contributed by atoms with Gasteiger partial charge in [-0.15, -0.1) is 11.3 Å². The van der Waals surface area contributed by atoms with Crippen LogP contribution in [0.5, 0.6) is 0 Å². The summed E-state index contributed by atoms with van der Waals surface area (Å²) in [7, 11) is 0. The van der Waals surface area contributed by atoms with Crippen molar-refractivity contribution in [1.82, 2.24) is 14.9 Å². The summed E-state index contributed by atoms with van der Waals surface area (Å²) < 4.78 is 6.45. The van der Waals surface area contributed by atoms with E-state index in [2.05, 4.69) is 15.6 Å². The molecule has 0 aliphatic rings. The molecule has 0 radical (unpaired) electrons. The molecule has 10 heteroatoms. The molecule has 2 amide bonds. The third kappa shape index (κ3) is 5.58. The van der Waals surface area contributed by atoms with E-state index in [9.17, 15) is 19.2 Å². The van der Waals surface area contributed by atoms with Crippen LogP contribution >= 0.6 is 11.3 Å². The van der Waals surface area contributed by atoms with Gasteiger partial charge in [-0.05, 0) is 43.3 Å². The monoisotopic (exact) mass is 456 g/mol. The predicted octanol–water partition coefficient (Wildman–Crippen LogP) is 2.15. The molecule has 1 atom stereocenters. The Balaban J connectivity index is 1.45. The molecule has 0 bridgehead atoms. The van der Waals surface area contributed by atoms with Crippen molar-refractivity contribution in [2.24, 2.45) is 0 Å². The van der Waals surface area contributed by atoms with Crippen molar-refractivity contribution in [1.29, 1.82) is 0 Å². The maximum atomic E-state index is 12.3. The highest BCUT2D eigenvalue weighted by molar-refractivity contribution is 7.16. The number of anilines is 1. The first-order valence-electron chi connectivity index (χ1n) is 10.0. The van der Waals surface area contributed by atoms with Crippen LogP contribution in [0.15, 0.2) is 40.8 Å². The zero-order valence-corrected chi connectivity index (χ0v) is 18.8. The predicted molar refractivity (Wildman–Crippen MR) is 122 cm³/mol. The van der Waals surface area contributed by atoms with E-state index in [0.717, 1.165) is 11.1 Å². The number of amides is 2. The van der Waals surface area contributed by atoms with Crippen molar-refractivity contribution >= 4 is 45.0 Å². The summed E-state index contributed by atoms with van der Waals surface area (Å²) in [6, 6.07) is 7.34. The summed E-state index contributed by atoms with van der Waals surface area (Å²) in [5, 5.41) is 7.50. The summed E-state index contributed by atoms with van der Waals surface area (Å²) >= 11 is 1.37. The molecule has 0 fully saturated rings. The average Bonchev–Trinajstić information content (AvgIpc) is 3.24. The summed E-state index contributed by atoms with van der Waals surface area (Å²) in [5.41, 5.74) is 2.31. The largest absolute Gasteiger partial charge is 0.452 e. The molecule has 1 unspecified atom stereocenters. The number of ether oxygens (including phenoxy) is 1. The number of fused-ring (bicyclic) bond motifs is 1. The third-order valence-corrected chi connectivity index (χ3v) is 5.67. The molecular formula is C22H24N4O5S. The maximum absolute atomic E-state index is 12.3. The molecular weight excluding hydrogens is 432 g/mol. The van der Waals surface area contributed by atoms with Crippen LogP contribution in [0, 0.1) is 13.8 Å². The molecule has 0 aliphatic carbocycles. The molecule has 2 aromatic heterocycles. The van der Waals surface area contributed by atoms with Crippen LogP contribution in [0.25, 0.3) is 10.2 Å². The number of para-hydroxylation sites is 1. The Kier molecular flexibility index (Phi) is 7.37. The Morgan fingerprint density at radius 3 is 2.62 bits per heavy atom.